The van der Waals surface area contributed by atoms with E-state index < -0.39 is 6.10 Å². The van der Waals surface area contributed by atoms with Crippen LogP contribution in [0.1, 0.15) is 259 Å². The Hall–Kier alpha value is -1.59. The number of hydrogen-bond donors (Lipinski definition) is 0. The first-order valence-corrected chi connectivity index (χ1v) is 23.4. The quantitative estimate of drug-likeness (QED) is 0.0351. The first-order chi connectivity index (χ1) is 25.9. The zero-order valence-corrected chi connectivity index (χ0v) is 36.0. The van der Waals surface area contributed by atoms with Crippen molar-refractivity contribution in [1.82, 2.24) is 0 Å². The van der Waals surface area contributed by atoms with Crippen LogP contribution < -0.4 is 0 Å². The molecule has 0 aromatic heterocycles. The topological polar surface area (TPSA) is 78.9 Å². The summed E-state index contributed by atoms with van der Waals surface area (Å²) in [5, 5.41) is 0. The average Bonchev–Trinajstić information content (AvgIpc) is 3.14. The second-order valence-electron chi connectivity index (χ2n) is 16.5. The molecule has 0 N–H and O–H groups in total. The molecule has 0 aliphatic heterocycles. The van der Waals surface area contributed by atoms with Gasteiger partial charge in [0, 0.05) is 19.3 Å². The number of esters is 3. The Morgan fingerprint density at radius 2 is 0.623 bits per heavy atom. The predicted molar refractivity (Wildman–Crippen MR) is 224 cm³/mol. The van der Waals surface area contributed by atoms with E-state index in [0.717, 1.165) is 63.7 Å². The minimum Gasteiger partial charge on any atom is -0.462 e. The van der Waals surface area contributed by atoms with Crippen molar-refractivity contribution in [2.45, 2.75) is 265 Å². The van der Waals surface area contributed by atoms with E-state index in [1.807, 2.05) is 0 Å². The third-order valence-electron chi connectivity index (χ3n) is 10.5. The molecule has 1 atom stereocenters. The summed E-state index contributed by atoms with van der Waals surface area (Å²) in [5.74, 6) is -0.101. The van der Waals surface area contributed by atoms with Gasteiger partial charge in [-0.1, -0.05) is 220 Å². The summed E-state index contributed by atoms with van der Waals surface area (Å²) in [5.41, 5.74) is 0. The molecule has 0 rings (SSSR count). The van der Waals surface area contributed by atoms with Crippen molar-refractivity contribution in [3.8, 4) is 0 Å². The maximum Gasteiger partial charge on any atom is 0.306 e. The van der Waals surface area contributed by atoms with E-state index in [0.29, 0.717) is 19.3 Å². The maximum atomic E-state index is 12.7. The average molecular weight is 751 g/mol. The van der Waals surface area contributed by atoms with E-state index in [2.05, 4.69) is 27.7 Å². The number of carbonyl (C=O) groups is 3. The standard InChI is InChI=1S/C47H90O6/c1-5-7-9-11-13-14-15-16-17-18-19-20-21-22-23-24-26-32-36-40-47(50)53-44(41-51-45(48)38-34-30-25-12-10-8-6-2)42-52-46(49)39-35-31-28-27-29-33-37-43(3)4/h43-44H,5-42H2,1-4H3/t44-/m1/s1. The van der Waals surface area contributed by atoms with Crippen molar-refractivity contribution in [3.05, 3.63) is 0 Å². The van der Waals surface area contributed by atoms with E-state index in [1.165, 1.54) is 154 Å². The maximum absolute atomic E-state index is 12.7. The number of rotatable bonds is 42. The highest BCUT2D eigenvalue weighted by atomic mass is 16.6. The van der Waals surface area contributed by atoms with E-state index >= 15 is 0 Å². The van der Waals surface area contributed by atoms with Gasteiger partial charge >= 0.3 is 17.9 Å². The van der Waals surface area contributed by atoms with Crippen LogP contribution in [0.3, 0.4) is 0 Å². The van der Waals surface area contributed by atoms with E-state index in [-0.39, 0.29) is 31.1 Å². The normalized spacial score (nSPS) is 11.9. The molecule has 6 heteroatoms. The summed E-state index contributed by atoms with van der Waals surface area (Å²) < 4.78 is 16.6. The lowest BCUT2D eigenvalue weighted by molar-refractivity contribution is -0.167. The van der Waals surface area contributed by atoms with Crippen LogP contribution in [-0.4, -0.2) is 37.2 Å². The predicted octanol–water partition coefficient (Wildman–Crippen LogP) is 14.7. The summed E-state index contributed by atoms with van der Waals surface area (Å²) in [6, 6.07) is 0. The molecule has 6 nitrogen and oxygen atoms in total. The van der Waals surface area contributed by atoms with Crippen molar-refractivity contribution >= 4 is 17.9 Å². The molecule has 0 aliphatic rings. The second-order valence-corrected chi connectivity index (χ2v) is 16.5. The van der Waals surface area contributed by atoms with E-state index in [4.69, 9.17) is 14.2 Å². The Balaban J connectivity index is 4.17. The molecular weight excluding hydrogens is 661 g/mol. The molecule has 0 saturated carbocycles. The van der Waals surface area contributed by atoms with Gasteiger partial charge in [-0.25, -0.2) is 0 Å². The largest absolute Gasteiger partial charge is 0.462 e. The van der Waals surface area contributed by atoms with Gasteiger partial charge in [0.05, 0.1) is 0 Å². The summed E-state index contributed by atoms with van der Waals surface area (Å²) in [7, 11) is 0. The fraction of sp³-hybridized carbons (Fsp3) is 0.936. The molecule has 0 radical (unpaired) electrons. The zero-order valence-electron chi connectivity index (χ0n) is 36.0. The van der Waals surface area contributed by atoms with Gasteiger partial charge in [0.25, 0.3) is 0 Å². The highest BCUT2D eigenvalue weighted by Crippen LogP contribution is 2.16. The summed E-state index contributed by atoms with van der Waals surface area (Å²) >= 11 is 0. The third-order valence-corrected chi connectivity index (χ3v) is 10.5. The summed E-state index contributed by atoms with van der Waals surface area (Å²) in [4.78, 5) is 37.5. The van der Waals surface area contributed by atoms with Gasteiger partial charge in [-0.2, -0.15) is 0 Å². The van der Waals surface area contributed by atoms with Gasteiger partial charge in [0.1, 0.15) is 13.2 Å². The van der Waals surface area contributed by atoms with Crippen molar-refractivity contribution in [2.75, 3.05) is 13.2 Å². The van der Waals surface area contributed by atoms with Crippen LogP contribution in [0.4, 0.5) is 0 Å². The highest BCUT2D eigenvalue weighted by molar-refractivity contribution is 5.71. The molecule has 0 aromatic carbocycles. The van der Waals surface area contributed by atoms with Crippen LogP contribution in [0, 0.1) is 5.92 Å². The van der Waals surface area contributed by atoms with Crippen molar-refractivity contribution in [2.24, 2.45) is 5.92 Å². The Kier molecular flexibility index (Phi) is 40.3. The molecule has 0 aliphatic carbocycles. The van der Waals surface area contributed by atoms with Crippen molar-refractivity contribution in [3.63, 3.8) is 0 Å². The molecule has 0 spiro atoms. The molecule has 0 fully saturated rings. The van der Waals surface area contributed by atoms with Crippen LogP contribution in [0.25, 0.3) is 0 Å². The Morgan fingerprint density at radius 1 is 0.358 bits per heavy atom. The number of unbranched alkanes of at least 4 members (excludes halogenated alkanes) is 29. The molecule has 0 unspecified atom stereocenters. The lowest BCUT2D eigenvalue weighted by atomic mass is 10.0. The van der Waals surface area contributed by atoms with E-state index in [9.17, 15) is 14.4 Å². The fourth-order valence-corrected chi connectivity index (χ4v) is 6.98. The lowest BCUT2D eigenvalue weighted by Crippen LogP contribution is -2.30. The molecule has 0 aromatic rings. The monoisotopic (exact) mass is 751 g/mol. The van der Waals surface area contributed by atoms with Crippen LogP contribution >= 0.6 is 0 Å². The van der Waals surface area contributed by atoms with E-state index in [1.54, 1.807) is 0 Å². The third kappa shape index (κ3) is 41.4. The SMILES string of the molecule is CCCCCCCCCCCCCCCCCCCCCC(=O)O[C@H](COC(=O)CCCCCCCCC)COC(=O)CCCCCCCCC(C)C. The minimum atomic E-state index is -0.759. The molecule has 314 valence electrons. The molecular formula is C47H90O6. The highest BCUT2D eigenvalue weighted by Gasteiger charge is 2.19. The van der Waals surface area contributed by atoms with Crippen LogP contribution in [0.2, 0.25) is 0 Å². The molecule has 0 amide bonds. The molecule has 0 bridgehead atoms. The smallest absolute Gasteiger partial charge is 0.306 e. The van der Waals surface area contributed by atoms with Gasteiger partial charge in [0.2, 0.25) is 0 Å². The molecule has 0 saturated heterocycles. The number of hydrogen-bond acceptors (Lipinski definition) is 6. The fourth-order valence-electron chi connectivity index (χ4n) is 6.98. The van der Waals surface area contributed by atoms with Crippen molar-refractivity contribution < 1.29 is 28.6 Å². The first-order valence-electron chi connectivity index (χ1n) is 23.4. The number of carbonyl (C=O) groups excluding carboxylic acids is 3. The van der Waals surface area contributed by atoms with Gasteiger partial charge in [-0.05, 0) is 25.2 Å². The summed E-state index contributed by atoms with van der Waals surface area (Å²) in [6.07, 6.45) is 41.2. The van der Waals surface area contributed by atoms with Crippen LogP contribution in [0.15, 0.2) is 0 Å². The Labute approximate surface area is 329 Å². The Bertz CT molecular complexity index is 796. The second kappa shape index (κ2) is 41.6. The van der Waals surface area contributed by atoms with Crippen molar-refractivity contribution in [1.29, 1.82) is 0 Å². The molecule has 53 heavy (non-hydrogen) atoms. The zero-order chi connectivity index (χ0) is 38.9. The first kappa shape index (κ1) is 51.4. The molecule has 0 heterocycles. The van der Waals surface area contributed by atoms with Gasteiger partial charge < -0.3 is 14.2 Å². The number of ether oxygens (including phenoxy) is 3. The lowest BCUT2D eigenvalue weighted by Gasteiger charge is -2.18. The van der Waals surface area contributed by atoms with Crippen LogP contribution in [0.5, 0.6) is 0 Å². The Morgan fingerprint density at radius 3 is 0.925 bits per heavy atom. The minimum absolute atomic E-state index is 0.0656. The van der Waals surface area contributed by atoms with Gasteiger partial charge in [-0.15, -0.1) is 0 Å². The van der Waals surface area contributed by atoms with Crippen LogP contribution in [-0.2, 0) is 28.6 Å². The van der Waals surface area contributed by atoms with Gasteiger partial charge in [-0.3, -0.25) is 14.4 Å². The summed E-state index contributed by atoms with van der Waals surface area (Å²) in [6.45, 7) is 8.89. The van der Waals surface area contributed by atoms with Gasteiger partial charge in [0.15, 0.2) is 6.10 Å².